The predicted octanol–water partition coefficient (Wildman–Crippen LogP) is 3.61. The summed E-state index contributed by atoms with van der Waals surface area (Å²) in [4.78, 5) is 24.7. The molecule has 0 atom stereocenters. The maximum Gasteiger partial charge on any atom is 0.254 e. The lowest BCUT2D eigenvalue weighted by atomic mass is 9.96. The molecule has 2 aromatic heterocycles. The number of aromatic nitrogens is 3. The molecule has 138 valence electrons. The summed E-state index contributed by atoms with van der Waals surface area (Å²) < 4.78 is 0. The lowest BCUT2D eigenvalue weighted by Gasteiger charge is -2.23. The molecule has 1 saturated carbocycles. The van der Waals surface area contributed by atoms with Gasteiger partial charge in [-0.3, -0.25) is 9.78 Å². The number of carbonyl (C=O) groups excluding carboxylic acids is 1. The average Bonchev–Trinajstić information content (AvgIpc) is 2.69. The number of anilines is 3. The lowest BCUT2D eigenvalue weighted by Crippen LogP contribution is -2.24. The van der Waals surface area contributed by atoms with Gasteiger partial charge in [0.1, 0.15) is 11.4 Å². The minimum absolute atomic E-state index is 0.260. The van der Waals surface area contributed by atoms with E-state index in [0.717, 1.165) is 29.3 Å². The van der Waals surface area contributed by atoms with Crippen LogP contribution >= 0.6 is 0 Å². The largest absolute Gasteiger partial charge is 0.365 e. The minimum atomic E-state index is -0.566. The van der Waals surface area contributed by atoms with Crippen LogP contribution in [0.4, 0.5) is 17.5 Å². The molecule has 0 aliphatic heterocycles. The number of carbonyl (C=O) groups is 1. The third-order valence-electron chi connectivity index (χ3n) is 4.90. The van der Waals surface area contributed by atoms with E-state index in [-0.39, 0.29) is 5.56 Å². The number of rotatable bonds is 5. The van der Waals surface area contributed by atoms with E-state index < -0.39 is 5.91 Å². The van der Waals surface area contributed by atoms with Crippen LogP contribution < -0.4 is 16.4 Å². The lowest BCUT2D eigenvalue weighted by molar-refractivity contribution is 0.100. The van der Waals surface area contributed by atoms with Crippen LogP contribution in [0.3, 0.4) is 0 Å². The van der Waals surface area contributed by atoms with Crippen molar-refractivity contribution in [2.75, 3.05) is 10.6 Å². The summed E-state index contributed by atoms with van der Waals surface area (Å²) in [5.41, 5.74) is 6.57. The number of pyridine rings is 1. The van der Waals surface area contributed by atoms with Crippen molar-refractivity contribution in [1.82, 2.24) is 15.0 Å². The highest BCUT2D eigenvalue weighted by Gasteiger charge is 2.17. The van der Waals surface area contributed by atoms with Crippen molar-refractivity contribution in [1.29, 1.82) is 0 Å². The van der Waals surface area contributed by atoms with Crippen molar-refractivity contribution in [3.8, 4) is 0 Å². The van der Waals surface area contributed by atoms with Gasteiger partial charge in [-0.1, -0.05) is 25.3 Å². The van der Waals surface area contributed by atoms with Gasteiger partial charge in [0.05, 0.1) is 0 Å². The van der Waals surface area contributed by atoms with E-state index >= 15 is 0 Å². The minimum Gasteiger partial charge on any atom is -0.365 e. The zero-order valence-corrected chi connectivity index (χ0v) is 15.0. The van der Waals surface area contributed by atoms with Gasteiger partial charge in [0.15, 0.2) is 0 Å². The van der Waals surface area contributed by atoms with Crippen molar-refractivity contribution < 1.29 is 4.79 Å². The second kappa shape index (κ2) is 7.57. The summed E-state index contributed by atoms with van der Waals surface area (Å²) in [6.07, 6.45) is 11.0. The number of benzene rings is 1. The van der Waals surface area contributed by atoms with Crippen LogP contribution in [0.25, 0.3) is 10.8 Å². The fraction of sp³-hybridized carbons (Fsp3) is 0.300. The maximum atomic E-state index is 11.8. The highest BCUT2D eigenvalue weighted by molar-refractivity contribution is 5.98. The molecular formula is C20H22N6O. The van der Waals surface area contributed by atoms with Gasteiger partial charge in [-0.25, -0.2) is 4.98 Å². The van der Waals surface area contributed by atoms with Crippen LogP contribution in [0, 0.1) is 0 Å². The number of primary amides is 1. The van der Waals surface area contributed by atoms with Crippen LogP contribution in [0.5, 0.6) is 0 Å². The summed E-state index contributed by atoms with van der Waals surface area (Å²) >= 11 is 0. The van der Waals surface area contributed by atoms with E-state index in [1.54, 1.807) is 12.4 Å². The van der Waals surface area contributed by atoms with Crippen LogP contribution in [0.15, 0.2) is 42.9 Å². The predicted molar refractivity (Wildman–Crippen MR) is 106 cm³/mol. The molecule has 1 amide bonds. The van der Waals surface area contributed by atoms with Crippen LogP contribution in [0.1, 0.15) is 42.5 Å². The van der Waals surface area contributed by atoms with E-state index in [1.807, 2.05) is 24.3 Å². The van der Waals surface area contributed by atoms with Gasteiger partial charge in [-0.2, -0.15) is 4.98 Å². The van der Waals surface area contributed by atoms with E-state index in [1.165, 1.54) is 25.5 Å². The normalized spacial score (nSPS) is 14.8. The Labute approximate surface area is 157 Å². The molecule has 2 heterocycles. The van der Waals surface area contributed by atoms with Gasteiger partial charge in [-0.05, 0) is 36.4 Å². The van der Waals surface area contributed by atoms with Crippen molar-refractivity contribution >= 4 is 34.1 Å². The van der Waals surface area contributed by atoms with Gasteiger partial charge in [0.2, 0.25) is 5.95 Å². The number of nitrogens with zero attached hydrogens (tertiary/aromatic N) is 3. The summed E-state index contributed by atoms with van der Waals surface area (Å²) in [5, 5.41) is 8.67. The van der Waals surface area contributed by atoms with E-state index in [2.05, 4.69) is 25.6 Å². The van der Waals surface area contributed by atoms with E-state index in [0.29, 0.717) is 17.8 Å². The third kappa shape index (κ3) is 3.97. The van der Waals surface area contributed by atoms with Crippen molar-refractivity contribution in [3.05, 3.63) is 48.4 Å². The molecule has 0 bridgehead atoms. The molecule has 1 aliphatic rings. The molecule has 0 saturated heterocycles. The second-order valence-corrected chi connectivity index (χ2v) is 6.86. The van der Waals surface area contributed by atoms with Crippen LogP contribution in [0.2, 0.25) is 0 Å². The SMILES string of the molecule is NC(=O)c1cnc(NC2CCCCC2)nc1Nc1ccc2ccncc2c1. The Bertz CT molecular complexity index is 968. The fourth-order valence-corrected chi connectivity index (χ4v) is 3.46. The maximum absolute atomic E-state index is 11.8. The number of fused-ring (bicyclic) bond motifs is 1. The number of hydrogen-bond donors (Lipinski definition) is 3. The topological polar surface area (TPSA) is 106 Å². The number of nitrogens with two attached hydrogens (primary N) is 1. The first-order valence-corrected chi connectivity index (χ1v) is 9.23. The zero-order chi connectivity index (χ0) is 18.6. The molecule has 4 rings (SSSR count). The summed E-state index contributed by atoms with van der Waals surface area (Å²) in [6, 6.07) is 8.21. The van der Waals surface area contributed by atoms with E-state index in [4.69, 9.17) is 5.73 Å². The van der Waals surface area contributed by atoms with Crippen molar-refractivity contribution in [2.24, 2.45) is 5.73 Å². The zero-order valence-electron chi connectivity index (χ0n) is 15.0. The molecule has 4 N–H and O–H groups in total. The molecule has 27 heavy (non-hydrogen) atoms. The van der Waals surface area contributed by atoms with Gasteiger partial charge >= 0.3 is 0 Å². The van der Waals surface area contributed by atoms with Crippen molar-refractivity contribution in [3.63, 3.8) is 0 Å². The monoisotopic (exact) mass is 362 g/mol. The molecule has 1 aliphatic carbocycles. The standard InChI is InChI=1S/C20H22N6O/c21-18(27)17-12-23-20(25-15-4-2-1-3-5-15)26-19(17)24-16-7-6-13-8-9-22-11-14(13)10-16/h6-12,15H,1-5H2,(H2,21,27)(H2,23,24,25,26). The van der Waals surface area contributed by atoms with Gasteiger partial charge in [-0.15, -0.1) is 0 Å². The second-order valence-electron chi connectivity index (χ2n) is 6.86. The Kier molecular flexibility index (Phi) is 4.82. The average molecular weight is 362 g/mol. The number of hydrogen-bond acceptors (Lipinski definition) is 6. The van der Waals surface area contributed by atoms with Crippen LogP contribution in [-0.4, -0.2) is 26.9 Å². The van der Waals surface area contributed by atoms with Gasteiger partial charge in [0, 0.05) is 35.7 Å². The Morgan fingerprint density at radius 3 is 2.74 bits per heavy atom. The quantitative estimate of drug-likeness (QED) is 0.640. The van der Waals surface area contributed by atoms with E-state index in [9.17, 15) is 4.79 Å². The first-order valence-electron chi connectivity index (χ1n) is 9.23. The Balaban J connectivity index is 1.61. The van der Waals surface area contributed by atoms with Gasteiger partial charge in [0.25, 0.3) is 5.91 Å². The number of nitrogens with one attached hydrogen (secondary N) is 2. The van der Waals surface area contributed by atoms with Gasteiger partial charge < -0.3 is 16.4 Å². The molecule has 0 unspecified atom stereocenters. The Hall–Kier alpha value is -3.22. The first kappa shape index (κ1) is 17.2. The first-order chi connectivity index (χ1) is 13.2. The molecule has 1 aromatic carbocycles. The molecule has 0 radical (unpaired) electrons. The summed E-state index contributed by atoms with van der Waals surface area (Å²) in [6.45, 7) is 0. The molecular weight excluding hydrogens is 340 g/mol. The Morgan fingerprint density at radius 2 is 1.93 bits per heavy atom. The highest BCUT2D eigenvalue weighted by Crippen LogP contribution is 2.25. The number of amides is 1. The smallest absolute Gasteiger partial charge is 0.254 e. The van der Waals surface area contributed by atoms with Crippen molar-refractivity contribution in [2.45, 2.75) is 38.1 Å². The molecule has 1 fully saturated rings. The molecule has 7 nitrogen and oxygen atoms in total. The molecule has 0 spiro atoms. The Morgan fingerprint density at radius 1 is 1.07 bits per heavy atom. The van der Waals surface area contributed by atoms with Crippen LogP contribution in [-0.2, 0) is 0 Å². The fourth-order valence-electron chi connectivity index (χ4n) is 3.46. The summed E-state index contributed by atoms with van der Waals surface area (Å²) in [5.74, 6) is 0.347. The molecule has 7 heteroatoms. The molecule has 3 aromatic rings. The summed E-state index contributed by atoms with van der Waals surface area (Å²) in [7, 11) is 0. The highest BCUT2D eigenvalue weighted by atomic mass is 16.1. The third-order valence-corrected chi connectivity index (χ3v) is 4.90.